The molecule has 1 heteroatoms. The first-order valence-corrected chi connectivity index (χ1v) is 5.17. The molecule has 0 spiro atoms. The minimum atomic E-state index is 1.04. The summed E-state index contributed by atoms with van der Waals surface area (Å²) < 4.78 is 0. The van der Waals surface area contributed by atoms with Gasteiger partial charge in [0, 0.05) is 0 Å². The predicted octanol–water partition coefficient (Wildman–Crippen LogP) is 2.18. The zero-order chi connectivity index (χ0) is 7.52. The Labute approximate surface area is 69.6 Å². The fraction of sp³-hybridized carbons (Fsp3) is 1.00. The van der Waals surface area contributed by atoms with Gasteiger partial charge in [-0.05, 0) is 31.3 Å². The largest absolute Gasteiger partial charge is 0.316 e. The van der Waals surface area contributed by atoms with Crippen LogP contribution in [0.1, 0.15) is 38.5 Å². The highest BCUT2D eigenvalue weighted by Crippen LogP contribution is 2.32. The molecular weight excluding hydrogens is 134 g/mol. The topological polar surface area (TPSA) is 12.0 Å². The van der Waals surface area contributed by atoms with E-state index in [1.807, 2.05) is 0 Å². The van der Waals surface area contributed by atoms with Crippen molar-refractivity contribution in [2.75, 3.05) is 13.1 Å². The van der Waals surface area contributed by atoms with Gasteiger partial charge in [0.2, 0.25) is 0 Å². The zero-order valence-corrected chi connectivity index (χ0v) is 7.31. The van der Waals surface area contributed by atoms with Crippen molar-refractivity contribution < 1.29 is 0 Å². The quantitative estimate of drug-likeness (QED) is 0.609. The second-order valence-electron chi connectivity index (χ2n) is 4.15. The van der Waals surface area contributed by atoms with Gasteiger partial charge in [-0.2, -0.15) is 0 Å². The summed E-state index contributed by atoms with van der Waals surface area (Å²) >= 11 is 0. The summed E-state index contributed by atoms with van der Waals surface area (Å²) in [5.41, 5.74) is 0. The molecule has 1 aliphatic heterocycles. The standard InChI is InChI=1S/C10H19N/c1-2-4-9(5-3-1)10-6-7-11-8-10/h9-11H,1-8H2/t10-/m0/s1. The Morgan fingerprint density at radius 1 is 0.818 bits per heavy atom. The molecule has 2 aliphatic rings. The molecule has 0 unspecified atom stereocenters. The third-order valence-electron chi connectivity index (χ3n) is 3.41. The number of nitrogens with one attached hydrogen (secondary N) is 1. The molecule has 0 amide bonds. The lowest BCUT2D eigenvalue weighted by molar-refractivity contribution is 0.263. The lowest BCUT2D eigenvalue weighted by atomic mass is 9.80. The molecule has 2 rings (SSSR count). The molecule has 1 atom stereocenters. The maximum atomic E-state index is 3.47. The Balaban J connectivity index is 1.82. The van der Waals surface area contributed by atoms with Crippen molar-refractivity contribution in [3.8, 4) is 0 Å². The Morgan fingerprint density at radius 2 is 1.64 bits per heavy atom. The lowest BCUT2D eigenvalue weighted by Gasteiger charge is -2.26. The van der Waals surface area contributed by atoms with Gasteiger partial charge in [0.25, 0.3) is 0 Å². The van der Waals surface area contributed by atoms with Gasteiger partial charge in [-0.25, -0.2) is 0 Å². The van der Waals surface area contributed by atoms with Crippen molar-refractivity contribution in [2.24, 2.45) is 11.8 Å². The summed E-state index contributed by atoms with van der Waals surface area (Å²) in [7, 11) is 0. The van der Waals surface area contributed by atoms with Crippen molar-refractivity contribution >= 4 is 0 Å². The molecule has 11 heavy (non-hydrogen) atoms. The molecule has 1 saturated heterocycles. The van der Waals surface area contributed by atoms with E-state index >= 15 is 0 Å². The highest BCUT2D eigenvalue weighted by Gasteiger charge is 2.25. The Morgan fingerprint density at radius 3 is 2.27 bits per heavy atom. The monoisotopic (exact) mass is 153 g/mol. The van der Waals surface area contributed by atoms with Crippen LogP contribution in [0.3, 0.4) is 0 Å². The van der Waals surface area contributed by atoms with Gasteiger partial charge in [0.15, 0.2) is 0 Å². The third-order valence-corrected chi connectivity index (χ3v) is 3.41. The molecule has 0 radical (unpaired) electrons. The van der Waals surface area contributed by atoms with Crippen LogP contribution >= 0.6 is 0 Å². The van der Waals surface area contributed by atoms with Gasteiger partial charge in [-0.1, -0.05) is 32.1 Å². The highest BCUT2D eigenvalue weighted by atomic mass is 14.9. The molecule has 64 valence electrons. The van der Waals surface area contributed by atoms with Gasteiger partial charge < -0.3 is 5.32 Å². The van der Waals surface area contributed by atoms with Crippen molar-refractivity contribution in [1.82, 2.24) is 5.32 Å². The van der Waals surface area contributed by atoms with Gasteiger partial charge in [-0.15, -0.1) is 0 Å². The van der Waals surface area contributed by atoms with Crippen molar-refractivity contribution in [1.29, 1.82) is 0 Å². The Bertz CT molecular complexity index is 110. The van der Waals surface area contributed by atoms with Crippen LogP contribution in [-0.4, -0.2) is 13.1 Å². The minimum absolute atomic E-state index is 1.04. The van der Waals surface area contributed by atoms with Crippen LogP contribution in [0.4, 0.5) is 0 Å². The van der Waals surface area contributed by atoms with E-state index in [9.17, 15) is 0 Å². The Kier molecular flexibility index (Phi) is 2.47. The van der Waals surface area contributed by atoms with E-state index in [1.54, 1.807) is 0 Å². The zero-order valence-electron chi connectivity index (χ0n) is 7.31. The van der Waals surface area contributed by atoms with Gasteiger partial charge in [0.05, 0.1) is 0 Å². The first-order chi connectivity index (χ1) is 5.47. The van der Waals surface area contributed by atoms with Crippen LogP contribution in [0.25, 0.3) is 0 Å². The molecule has 2 fully saturated rings. The predicted molar refractivity (Wildman–Crippen MR) is 47.6 cm³/mol. The molecule has 1 N–H and O–H groups in total. The smallest absolute Gasteiger partial charge is 0.00174 e. The summed E-state index contributed by atoms with van der Waals surface area (Å²) in [5.74, 6) is 2.12. The second-order valence-corrected chi connectivity index (χ2v) is 4.15. The van der Waals surface area contributed by atoms with Crippen LogP contribution < -0.4 is 5.32 Å². The van der Waals surface area contributed by atoms with Crippen LogP contribution in [0.5, 0.6) is 0 Å². The maximum Gasteiger partial charge on any atom is -0.00174 e. The van der Waals surface area contributed by atoms with Crippen LogP contribution in [0, 0.1) is 11.8 Å². The molecule has 0 bridgehead atoms. The SMILES string of the molecule is C1CCC([C@H]2CCNC2)CC1. The van der Waals surface area contributed by atoms with Gasteiger partial charge >= 0.3 is 0 Å². The average Bonchev–Trinajstić information content (AvgIpc) is 2.58. The molecule has 1 nitrogen and oxygen atoms in total. The van der Waals surface area contributed by atoms with Gasteiger partial charge in [0.1, 0.15) is 0 Å². The van der Waals surface area contributed by atoms with E-state index < -0.39 is 0 Å². The molecular formula is C10H19N. The third kappa shape index (κ3) is 1.76. The summed E-state index contributed by atoms with van der Waals surface area (Å²) in [6, 6.07) is 0. The lowest BCUT2D eigenvalue weighted by Crippen LogP contribution is -2.20. The fourth-order valence-electron chi connectivity index (χ4n) is 2.68. The normalized spacial score (nSPS) is 34.4. The molecule has 1 aliphatic carbocycles. The van der Waals surface area contributed by atoms with E-state index in [2.05, 4.69) is 5.32 Å². The van der Waals surface area contributed by atoms with E-state index in [0.717, 1.165) is 11.8 Å². The van der Waals surface area contributed by atoms with E-state index in [-0.39, 0.29) is 0 Å². The van der Waals surface area contributed by atoms with Crippen molar-refractivity contribution in [2.45, 2.75) is 38.5 Å². The first kappa shape index (κ1) is 7.60. The van der Waals surface area contributed by atoms with E-state index in [4.69, 9.17) is 0 Å². The fourth-order valence-corrected chi connectivity index (χ4v) is 2.68. The second kappa shape index (κ2) is 3.57. The number of hydrogen-bond donors (Lipinski definition) is 1. The summed E-state index contributed by atoms with van der Waals surface area (Å²) in [4.78, 5) is 0. The highest BCUT2D eigenvalue weighted by molar-refractivity contribution is 4.80. The maximum absolute atomic E-state index is 3.47. The minimum Gasteiger partial charge on any atom is -0.316 e. The van der Waals surface area contributed by atoms with Crippen molar-refractivity contribution in [3.63, 3.8) is 0 Å². The molecule has 0 aromatic rings. The average molecular weight is 153 g/mol. The van der Waals surface area contributed by atoms with Crippen LogP contribution in [0.2, 0.25) is 0 Å². The van der Waals surface area contributed by atoms with E-state index in [1.165, 1.54) is 51.6 Å². The van der Waals surface area contributed by atoms with Gasteiger partial charge in [-0.3, -0.25) is 0 Å². The summed E-state index contributed by atoms with van der Waals surface area (Å²) in [5, 5.41) is 3.47. The Hall–Kier alpha value is -0.0400. The van der Waals surface area contributed by atoms with Crippen LogP contribution in [-0.2, 0) is 0 Å². The molecule has 1 saturated carbocycles. The summed E-state index contributed by atoms with van der Waals surface area (Å²) in [6.07, 6.45) is 8.99. The van der Waals surface area contributed by atoms with Crippen molar-refractivity contribution in [3.05, 3.63) is 0 Å². The number of rotatable bonds is 1. The first-order valence-electron chi connectivity index (χ1n) is 5.17. The van der Waals surface area contributed by atoms with E-state index in [0.29, 0.717) is 0 Å². The molecule has 0 aromatic heterocycles. The number of hydrogen-bond acceptors (Lipinski definition) is 1. The van der Waals surface area contributed by atoms with Crippen LogP contribution in [0.15, 0.2) is 0 Å². The molecule has 1 heterocycles. The molecule has 0 aromatic carbocycles. The summed E-state index contributed by atoms with van der Waals surface area (Å²) in [6.45, 7) is 2.59.